The second-order valence-electron chi connectivity index (χ2n) is 3.39. The highest BCUT2D eigenvalue weighted by Crippen LogP contribution is 2.02. The number of hydrogen-bond acceptors (Lipinski definition) is 5. The van der Waals surface area contributed by atoms with Gasteiger partial charge >= 0.3 is 16.4 Å². The first-order chi connectivity index (χ1) is 7.37. The standard InChI is InChI=1S/C9H18O6S/c1-3-4-5-6-7-14-9(10)8(2)15-16(11,12)13/h8H,3-7H2,1-2H3,(H,11,12,13). The lowest BCUT2D eigenvalue weighted by atomic mass is 10.2. The van der Waals surface area contributed by atoms with Crippen LogP contribution in [0.3, 0.4) is 0 Å². The molecular formula is C9H18O6S. The Kier molecular flexibility index (Phi) is 7.27. The number of hydrogen-bond donors (Lipinski definition) is 1. The smallest absolute Gasteiger partial charge is 0.398 e. The van der Waals surface area contributed by atoms with E-state index < -0.39 is 22.5 Å². The van der Waals surface area contributed by atoms with Crippen molar-refractivity contribution in [2.24, 2.45) is 0 Å². The molecule has 0 saturated heterocycles. The van der Waals surface area contributed by atoms with Gasteiger partial charge in [-0.2, -0.15) is 8.42 Å². The third kappa shape index (κ3) is 8.63. The fraction of sp³-hybridized carbons (Fsp3) is 0.889. The first-order valence-electron chi connectivity index (χ1n) is 5.19. The van der Waals surface area contributed by atoms with E-state index in [4.69, 9.17) is 9.29 Å². The summed E-state index contributed by atoms with van der Waals surface area (Å²) >= 11 is 0. The molecule has 6 nitrogen and oxygen atoms in total. The van der Waals surface area contributed by atoms with Gasteiger partial charge in [-0.1, -0.05) is 26.2 Å². The highest BCUT2D eigenvalue weighted by Gasteiger charge is 2.21. The predicted octanol–water partition coefficient (Wildman–Crippen LogP) is 1.32. The second-order valence-corrected chi connectivity index (χ2v) is 4.44. The Morgan fingerprint density at radius 1 is 1.31 bits per heavy atom. The van der Waals surface area contributed by atoms with Crippen molar-refractivity contribution in [3.63, 3.8) is 0 Å². The van der Waals surface area contributed by atoms with Gasteiger partial charge in [-0.25, -0.2) is 8.98 Å². The van der Waals surface area contributed by atoms with Gasteiger partial charge in [0.1, 0.15) is 0 Å². The lowest BCUT2D eigenvalue weighted by Gasteiger charge is -2.09. The third-order valence-electron chi connectivity index (χ3n) is 1.84. The fourth-order valence-electron chi connectivity index (χ4n) is 1.04. The largest absolute Gasteiger partial charge is 0.464 e. The molecule has 0 amide bonds. The minimum absolute atomic E-state index is 0.234. The van der Waals surface area contributed by atoms with Crippen molar-refractivity contribution in [3.05, 3.63) is 0 Å². The van der Waals surface area contributed by atoms with Crippen molar-refractivity contribution in [3.8, 4) is 0 Å². The number of carbonyl (C=O) groups excluding carboxylic acids is 1. The molecule has 0 saturated carbocycles. The molecule has 1 unspecified atom stereocenters. The van der Waals surface area contributed by atoms with Crippen molar-refractivity contribution in [1.82, 2.24) is 0 Å². The Bertz CT molecular complexity index is 297. The SMILES string of the molecule is CCCCCCOC(=O)C(C)OS(=O)(=O)O. The molecule has 0 aliphatic rings. The van der Waals surface area contributed by atoms with Crippen molar-refractivity contribution in [2.75, 3.05) is 6.61 Å². The summed E-state index contributed by atoms with van der Waals surface area (Å²) in [4.78, 5) is 11.1. The summed E-state index contributed by atoms with van der Waals surface area (Å²) in [5, 5.41) is 0. The van der Waals surface area contributed by atoms with Gasteiger partial charge in [0.05, 0.1) is 6.61 Å². The van der Waals surface area contributed by atoms with Crippen LogP contribution < -0.4 is 0 Å². The molecule has 7 heteroatoms. The minimum Gasteiger partial charge on any atom is -0.464 e. The summed E-state index contributed by atoms with van der Waals surface area (Å²) in [5.74, 6) is -0.797. The van der Waals surface area contributed by atoms with Gasteiger partial charge in [-0.05, 0) is 13.3 Å². The molecule has 16 heavy (non-hydrogen) atoms. The lowest BCUT2D eigenvalue weighted by molar-refractivity contribution is -0.151. The monoisotopic (exact) mass is 254 g/mol. The summed E-state index contributed by atoms with van der Waals surface area (Å²) in [6, 6.07) is 0. The highest BCUT2D eigenvalue weighted by atomic mass is 32.3. The summed E-state index contributed by atoms with van der Waals surface area (Å²) in [6.45, 7) is 3.49. The van der Waals surface area contributed by atoms with Crippen LogP contribution in [0.1, 0.15) is 39.5 Å². The molecule has 0 rings (SSSR count). The Morgan fingerprint density at radius 3 is 2.44 bits per heavy atom. The number of rotatable bonds is 8. The topological polar surface area (TPSA) is 89.9 Å². The Morgan fingerprint density at radius 2 is 1.94 bits per heavy atom. The van der Waals surface area contributed by atoms with Crippen LogP contribution in [0.2, 0.25) is 0 Å². The molecule has 0 aliphatic carbocycles. The molecule has 0 aromatic carbocycles. The molecule has 0 spiro atoms. The lowest BCUT2D eigenvalue weighted by Crippen LogP contribution is -2.26. The third-order valence-corrected chi connectivity index (χ3v) is 2.37. The van der Waals surface area contributed by atoms with Crippen LogP contribution in [0.25, 0.3) is 0 Å². The predicted molar refractivity (Wildman–Crippen MR) is 57.2 cm³/mol. The van der Waals surface area contributed by atoms with Crippen molar-refractivity contribution in [1.29, 1.82) is 0 Å². The number of carbonyl (C=O) groups is 1. The molecule has 0 aromatic rings. The second kappa shape index (κ2) is 7.59. The molecule has 1 N–H and O–H groups in total. The molecule has 0 heterocycles. The normalized spacial score (nSPS) is 13.4. The zero-order chi connectivity index (χ0) is 12.6. The van der Waals surface area contributed by atoms with Crippen LogP contribution in [0.15, 0.2) is 0 Å². The van der Waals surface area contributed by atoms with Crippen LogP contribution in [0.5, 0.6) is 0 Å². The Balaban J connectivity index is 3.72. The number of esters is 1. The van der Waals surface area contributed by atoms with E-state index in [0.717, 1.165) is 25.7 Å². The molecule has 0 fully saturated rings. The zero-order valence-corrected chi connectivity index (χ0v) is 10.3. The number of ether oxygens (including phenoxy) is 1. The van der Waals surface area contributed by atoms with E-state index in [1.165, 1.54) is 6.92 Å². The van der Waals surface area contributed by atoms with Crippen LogP contribution in [0.4, 0.5) is 0 Å². The van der Waals surface area contributed by atoms with Crippen molar-refractivity contribution < 1.29 is 26.7 Å². The van der Waals surface area contributed by atoms with Crippen LogP contribution >= 0.6 is 0 Å². The molecule has 1 atom stereocenters. The van der Waals surface area contributed by atoms with Gasteiger partial charge < -0.3 is 4.74 Å². The van der Waals surface area contributed by atoms with Gasteiger partial charge in [0, 0.05) is 0 Å². The van der Waals surface area contributed by atoms with Crippen LogP contribution in [-0.4, -0.2) is 31.7 Å². The highest BCUT2D eigenvalue weighted by molar-refractivity contribution is 7.80. The summed E-state index contributed by atoms with van der Waals surface area (Å²) in [5.41, 5.74) is 0. The van der Waals surface area contributed by atoms with Gasteiger partial charge in [0.25, 0.3) is 0 Å². The molecular weight excluding hydrogens is 236 g/mol. The van der Waals surface area contributed by atoms with E-state index >= 15 is 0 Å². The Labute approximate surface area is 95.9 Å². The van der Waals surface area contributed by atoms with E-state index in [-0.39, 0.29) is 6.61 Å². The summed E-state index contributed by atoms with van der Waals surface area (Å²) < 4.78 is 37.7. The van der Waals surface area contributed by atoms with Crippen molar-refractivity contribution >= 4 is 16.4 Å². The van der Waals surface area contributed by atoms with Gasteiger partial charge in [-0.3, -0.25) is 4.55 Å². The molecule has 0 bridgehead atoms. The summed E-state index contributed by atoms with van der Waals surface area (Å²) in [6.07, 6.45) is 2.52. The molecule has 0 aliphatic heterocycles. The van der Waals surface area contributed by atoms with Crippen LogP contribution in [0, 0.1) is 0 Å². The quantitative estimate of drug-likeness (QED) is 0.399. The average molecular weight is 254 g/mol. The van der Waals surface area contributed by atoms with Gasteiger partial charge in [0.2, 0.25) is 0 Å². The maximum absolute atomic E-state index is 11.1. The van der Waals surface area contributed by atoms with Crippen LogP contribution in [-0.2, 0) is 24.1 Å². The van der Waals surface area contributed by atoms with E-state index in [2.05, 4.69) is 11.1 Å². The van der Waals surface area contributed by atoms with Gasteiger partial charge in [0.15, 0.2) is 6.10 Å². The van der Waals surface area contributed by atoms with E-state index in [0.29, 0.717) is 0 Å². The van der Waals surface area contributed by atoms with E-state index in [9.17, 15) is 13.2 Å². The summed E-state index contributed by atoms with van der Waals surface area (Å²) in [7, 11) is -4.61. The first kappa shape index (κ1) is 15.3. The minimum atomic E-state index is -4.61. The fourth-order valence-corrected chi connectivity index (χ4v) is 1.48. The Hall–Kier alpha value is -0.660. The molecule has 0 radical (unpaired) electrons. The molecule has 96 valence electrons. The molecule has 0 aromatic heterocycles. The van der Waals surface area contributed by atoms with E-state index in [1.54, 1.807) is 0 Å². The average Bonchev–Trinajstić information content (AvgIpc) is 2.14. The maximum Gasteiger partial charge on any atom is 0.398 e. The van der Waals surface area contributed by atoms with E-state index in [1.807, 2.05) is 0 Å². The van der Waals surface area contributed by atoms with Crippen molar-refractivity contribution in [2.45, 2.75) is 45.6 Å². The zero-order valence-electron chi connectivity index (χ0n) is 9.51. The maximum atomic E-state index is 11.1. The number of unbranched alkanes of at least 4 members (excludes halogenated alkanes) is 3. The first-order valence-corrected chi connectivity index (χ1v) is 6.55. The van der Waals surface area contributed by atoms with Gasteiger partial charge in [-0.15, -0.1) is 0 Å².